The number of nitrogens with zero attached hydrogens (tertiary/aromatic N) is 2. The number of nitrogens with one attached hydrogen (secondary N) is 2. The number of sulfonamides is 1. The van der Waals surface area contributed by atoms with Gasteiger partial charge in [0.25, 0.3) is 5.91 Å². The fourth-order valence-electron chi connectivity index (χ4n) is 2.99. The highest BCUT2D eigenvalue weighted by atomic mass is 32.2. The molecule has 0 bridgehead atoms. The monoisotopic (exact) mass is 428 g/mol. The molecule has 1 aromatic carbocycles. The average Bonchev–Trinajstić information content (AvgIpc) is 3.08. The van der Waals surface area contributed by atoms with E-state index in [0.717, 1.165) is 24.1 Å². The van der Waals surface area contributed by atoms with Crippen LogP contribution in [0.3, 0.4) is 0 Å². The molecular formula is C18H19F3N4O3S. The number of aromatic nitrogens is 1. The van der Waals surface area contributed by atoms with E-state index in [1.807, 2.05) is 0 Å². The van der Waals surface area contributed by atoms with E-state index >= 15 is 0 Å². The van der Waals surface area contributed by atoms with Gasteiger partial charge in [0.05, 0.1) is 17.5 Å². The third-order valence-electron chi connectivity index (χ3n) is 4.40. The first-order chi connectivity index (χ1) is 13.6. The number of hydrogen-bond acceptors (Lipinski definition) is 5. The zero-order valence-corrected chi connectivity index (χ0v) is 16.3. The van der Waals surface area contributed by atoms with Crippen molar-refractivity contribution in [2.24, 2.45) is 0 Å². The van der Waals surface area contributed by atoms with Crippen LogP contribution in [0.1, 0.15) is 21.5 Å². The van der Waals surface area contributed by atoms with Crippen LogP contribution in [0.25, 0.3) is 0 Å². The highest BCUT2D eigenvalue weighted by Gasteiger charge is 2.30. The Morgan fingerprint density at radius 2 is 1.97 bits per heavy atom. The van der Waals surface area contributed by atoms with E-state index in [4.69, 9.17) is 0 Å². The quantitative estimate of drug-likeness (QED) is 0.689. The summed E-state index contributed by atoms with van der Waals surface area (Å²) in [6.07, 6.45) is -2.02. The molecule has 0 atom stereocenters. The molecule has 0 saturated heterocycles. The van der Waals surface area contributed by atoms with Gasteiger partial charge in [-0.25, -0.2) is 13.4 Å². The average molecular weight is 428 g/mol. The summed E-state index contributed by atoms with van der Waals surface area (Å²) in [6, 6.07) is 6.99. The normalized spacial score (nSPS) is 13.9. The van der Waals surface area contributed by atoms with Crippen LogP contribution >= 0.6 is 0 Å². The first kappa shape index (κ1) is 20.9. The smallest absolute Gasteiger partial charge is 0.368 e. The molecule has 3 rings (SSSR count). The Balaban J connectivity index is 1.52. The summed E-state index contributed by atoms with van der Waals surface area (Å²) in [4.78, 5) is 16.0. The number of amides is 1. The largest absolute Gasteiger partial charge is 0.417 e. The summed E-state index contributed by atoms with van der Waals surface area (Å²) in [5, 5.41) is 5.52. The minimum Gasteiger partial charge on any atom is -0.368 e. The van der Waals surface area contributed by atoms with E-state index in [1.165, 1.54) is 10.4 Å². The maximum absolute atomic E-state index is 12.5. The number of carbonyl (C=O) groups is 1. The number of carbonyl (C=O) groups excluding carboxylic acids is 1. The summed E-state index contributed by atoms with van der Waals surface area (Å²) in [5.74, 6) is -0.0570. The number of benzene rings is 1. The third-order valence-corrected chi connectivity index (χ3v) is 5.58. The molecule has 0 unspecified atom stereocenters. The van der Waals surface area contributed by atoms with Gasteiger partial charge in [0, 0.05) is 31.4 Å². The summed E-state index contributed by atoms with van der Waals surface area (Å²) >= 11 is 0. The lowest BCUT2D eigenvalue weighted by molar-refractivity contribution is -0.137. The second kappa shape index (κ2) is 7.90. The number of fused-ring (bicyclic) bond motifs is 1. The Morgan fingerprint density at radius 1 is 1.21 bits per heavy atom. The van der Waals surface area contributed by atoms with Gasteiger partial charge >= 0.3 is 6.18 Å². The van der Waals surface area contributed by atoms with Crippen LogP contribution in [0.5, 0.6) is 0 Å². The number of rotatable bonds is 6. The van der Waals surface area contributed by atoms with E-state index in [1.54, 1.807) is 18.2 Å². The van der Waals surface area contributed by atoms with Crippen molar-refractivity contribution in [1.29, 1.82) is 0 Å². The van der Waals surface area contributed by atoms with Gasteiger partial charge in [-0.05, 0) is 42.3 Å². The van der Waals surface area contributed by atoms with Crippen LogP contribution in [0.15, 0.2) is 36.5 Å². The van der Waals surface area contributed by atoms with Crippen LogP contribution in [0, 0.1) is 0 Å². The molecule has 0 saturated carbocycles. The summed E-state index contributed by atoms with van der Waals surface area (Å²) in [7, 11) is -3.35. The lowest BCUT2D eigenvalue weighted by atomic mass is 10.1. The minimum absolute atomic E-state index is 0.230. The molecule has 1 aromatic heterocycles. The first-order valence-corrected chi connectivity index (χ1v) is 10.6. The Hall–Kier alpha value is -2.82. The maximum atomic E-state index is 12.5. The van der Waals surface area contributed by atoms with Crippen molar-refractivity contribution in [3.63, 3.8) is 0 Å². The van der Waals surface area contributed by atoms with Gasteiger partial charge in [0.15, 0.2) is 0 Å². The molecule has 0 spiro atoms. The van der Waals surface area contributed by atoms with Gasteiger partial charge in [-0.3, -0.25) is 9.10 Å². The molecular weight excluding hydrogens is 409 g/mol. The number of alkyl halides is 3. The van der Waals surface area contributed by atoms with E-state index in [2.05, 4.69) is 15.6 Å². The summed E-state index contributed by atoms with van der Waals surface area (Å²) in [6.45, 7) is 0.855. The third kappa shape index (κ3) is 4.97. The number of halogens is 3. The van der Waals surface area contributed by atoms with Crippen LogP contribution in [-0.4, -0.2) is 45.2 Å². The Bertz CT molecular complexity index is 1010. The van der Waals surface area contributed by atoms with Crippen LogP contribution in [-0.2, 0) is 22.6 Å². The van der Waals surface area contributed by atoms with Crippen molar-refractivity contribution < 1.29 is 26.4 Å². The second-order valence-corrected chi connectivity index (χ2v) is 8.45. The van der Waals surface area contributed by atoms with Gasteiger partial charge < -0.3 is 10.6 Å². The van der Waals surface area contributed by atoms with Crippen molar-refractivity contribution in [3.8, 4) is 0 Å². The van der Waals surface area contributed by atoms with Gasteiger partial charge in [0.1, 0.15) is 5.82 Å². The van der Waals surface area contributed by atoms with Crippen molar-refractivity contribution >= 4 is 27.4 Å². The predicted octanol–water partition coefficient (Wildman–Crippen LogP) is 2.26. The van der Waals surface area contributed by atoms with E-state index in [0.29, 0.717) is 24.2 Å². The fourth-order valence-corrected chi connectivity index (χ4v) is 3.95. The molecule has 156 valence electrons. The zero-order valence-electron chi connectivity index (χ0n) is 15.5. The Kier molecular flexibility index (Phi) is 5.69. The SMILES string of the molecule is CS(=O)(=O)N1CCc2cc(C(=O)NCCNc3ccc(C(F)(F)F)cn3)ccc21. The van der Waals surface area contributed by atoms with Gasteiger partial charge in [-0.2, -0.15) is 13.2 Å². The molecule has 2 heterocycles. The molecule has 11 heteroatoms. The van der Waals surface area contributed by atoms with E-state index < -0.39 is 21.8 Å². The standard InChI is InChI=1S/C18H19F3N4O3S/c1-29(27,28)25-9-6-12-10-13(2-4-15(12)25)17(26)23-8-7-22-16-5-3-14(11-24-16)18(19,20)21/h2-5,10-11H,6-9H2,1H3,(H,22,24)(H,23,26). The molecule has 1 amide bonds. The predicted molar refractivity (Wildman–Crippen MR) is 102 cm³/mol. The second-order valence-electron chi connectivity index (χ2n) is 6.54. The molecule has 29 heavy (non-hydrogen) atoms. The van der Waals surface area contributed by atoms with Gasteiger partial charge in [0.2, 0.25) is 10.0 Å². The van der Waals surface area contributed by atoms with Crippen LogP contribution in [0.2, 0.25) is 0 Å². The van der Waals surface area contributed by atoms with Crippen molar-refractivity contribution in [3.05, 3.63) is 53.2 Å². The molecule has 7 nitrogen and oxygen atoms in total. The maximum Gasteiger partial charge on any atom is 0.417 e. The molecule has 2 N–H and O–H groups in total. The summed E-state index contributed by atoms with van der Waals surface area (Å²) in [5.41, 5.74) is 0.948. The molecule has 0 fully saturated rings. The highest BCUT2D eigenvalue weighted by molar-refractivity contribution is 7.92. The minimum atomic E-state index is -4.44. The zero-order chi connectivity index (χ0) is 21.2. The van der Waals surface area contributed by atoms with Crippen molar-refractivity contribution in [2.45, 2.75) is 12.6 Å². The van der Waals surface area contributed by atoms with E-state index in [-0.39, 0.29) is 24.8 Å². The fraction of sp³-hybridized carbons (Fsp3) is 0.333. The molecule has 2 aromatic rings. The Morgan fingerprint density at radius 3 is 2.59 bits per heavy atom. The van der Waals surface area contributed by atoms with Crippen LogP contribution in [0.4, 0.5) is 24.7 Å². The topological polar surface area (TPSA) is 91.4 Å². The number of pyridine rings is 1. The van der Waals surface area contributed by atoms with E-state index in [9.17, 15) is 26.4 Å². The van der Waals surface area contributed by atoms with Crippen molar-refractivity contribution in [1.82, 2.24) is 10.3 Å². The lowest BCUT2D eigenvalue weighted by Crippen LogP contribution is -2.29. The molecule has 0 radical (unpaired) electrons. The lowest BCUT2D eigenvalue weighted by Gasteiger charge is -2.16. The first-order valence-electron chi connectivity index (χ1n) is 8.71. The number of anilines is 2. The molecule has 0 aliphatic carbocycles. The van der Waals surface area contributed by atoms with Gasteiger partial charge in [-0.1, -0.05) is 0 Å². The van der Waals surface area contributed by atoms with Crippen molar-refractivity contribution in [2.75, 3.05) is 35.5 Å². The van der Waals surface area contributed by atoms with Gasteiger partial charge in [-0.15, -0.1) is 0 Å². The van der Waals surface area contributed by atoms with Crippen LogP contribution < -0.4 is 14.9 Å². The molecule has 1 aliphatic rings. The molecule has 1 aliphatic heterocycles. The highest BCUT2D eigenvalue weighted by Crippen LogP contribution is 2.31. The number of hydrogen-bond donors (Lipinski definition) is 2. The summed E-state index contributed by atoms with van der Waals surface area (Å²) < 4.78 is 62.3. The Labute approximate surface area is 166 Å².